The maximum atomic E-state index is 15.4. The van der Waals surface area contributed by atoms with Crippen LogP contribution in [0.3, 0.4) is 0 Å². The van der Waals surface area contributed by atoms with Crippen molar-refractivity contribution in [1.29, 1.82) is 0 Å². The lowest BCUT2D eigenvalue weighted by atomic mass is 9.55. The van der Waals surface area contributed by atoms with E-state index in [2.05, 4.69) is 24.8 Å². The van der Waals surface area contributed by atoms with E-state index in [4.69, 9.17) is 38.4 Å². The van der Waals surface area contributed by atoms with E-state index in [-0.39, 0.29) is 75.1 Å². The highest BCUT2D eigenvalue weighted by Gasteiger charge is 2.66. The number of oxime groups is 1. The van der Waals surface area contributed by atoms with E-state index in [1.807, 2.05) is 66.7 Å². The van der Waals surface area contributed by atoms with Crippen molar-refractivity contribution >= 4 is 23.2 Å². The Balaban J connectivity index is 1.14. The number of carbonyl (C=O) groups excluding carboxylic acids is 1. The van der Waals surface area contributed by atoms with Crippen molar-refractivity contribution < 1.29 is 58.1 Å². The van der Waals surface area contributed by atoms with E-state index in [0.29, 0.717) is 84.1 Å². The fourth-order valence-corrected chi connectivity index (χ4v) is 11.4. The van der Waals surface area contributed by atoms with Crippen LogP contribution in [0.4, 0.5) is 16.2 Å². The number of hydrogen-bond acceptors (Lipinski definition) is 15. The summed E-state index contributed by atoms with van der Waals surface area (Å²) in [6, 6.07) is 39.2. The summed E-state index contributed by atoms with van der Waals surface area (Å²) in [6.45, 7) is 3.94. The van der Waals surface area contributed by atoms with Gasteiger partial charge in [-0.3, -0.25) is 25.1 Å². The maximum Gasteiger partial charge on any atom is 0.416 e. The molecular formula is C61H60N4O14. The second-order valence-corrected chi connectivity index (χ2v) is 19.9. The molecule has 2 heterocycles. The van der Waals surface area contributed by atoms with Crippen LogP contribution in [0.15, 0.2) is 169 Å². The number of amides is 1. The van der Waals surface area contributed by atoms with Gasteiger partial charge in [-0.15, -0.1) is 6.58 Å². The topological polar surface area (TPSA) is 224 Å². The molecule has 10 rings (SSSR count). The molecule has 6 aromatic carbocycles. The summed E-state index contributed by atoms with van der Waals surface area (Å²) in [5, 5.41) is 48.4. The van der Waals surface area contributed by atoms with Crippen LogP contribution >= 0.6 is 0 Å². The van der Waals surface area contributed by atoms with Crippen LogP contribution in [0, 0.1) is 38.0 Å². The van der Waals surface area contributed by atoms with Gasteiger partial charge in [-0.25, -0.2) is 4.79 Å². The molecule has 79 heavy (non-hydrogen) atoms. The molecule has 18 nitrogen and oxygen atoms in total. The molecule has 6 aromatic rings. The standard InChI is InChI=1S/C61H60N4O14/c1-2-32-75-61-57(63(37-41-16-28-55-56(33-41)74-39-73-55)60(68)78-48-25-21-46(22-26-48)65(71)72)36-53(62-76-38-40-14-19-45(20-15-40)64(69)70)51-34-44(12-6-8-30-66)50(13-7-9-31-67)58(59(51)61)52-35-49(27-29-54(52)79-61)77-47-23-17-43(18-24-47)42-10-4-3-5-11-42/h2-5,10-11,14-29,33-35,44,50,57-59,66-67H,1,6-9,12-13,30-32,36-39H2/t44-,50+,57-,58+,59+,61+/m0/s1. The molecule has 0 spiro atoms. The summed E-state index contributed by atoms with van der Waals surface area (Å²) >= 11 is 0. The number of allylic oxidation sites excluding steroid dienone is 1. The highest BCUT2D eigenvalue weighted by Crippen LogP contribution is 2.62. The number of aliphatic hydroxyl groups is 2. The fourth-order valence-electron chi connectivity index (χ4n) is 11.4. The lowest BCUT2D eigenvalue weighted by Crippen LogP contribution is -2.70. The molecule has 4 aliphatic rings. The molecule has 1 saturated carbocycles. The highest BCUT2D eigenvalue weighted by molar-refractivity contribution is 6.03. The molecule has 1 amide bonds. The fraction of sp³-hybridized carbons (Fsp3) is 0.311. The van der Waals surface area contributed by atoms with E-state index in [0.717, 1.165) is 22.3 Å². The van der Waals surface area contributed by atoms with Gasteiger partial charge in [-0.1, -0.05) is 78.7 Å². The number of carbonyl (C=O) groups is 1. The monoisotopic (exact) mass is 1070 g/mol. The Hall–Kier alpha value is -8.58. The Morgan fingerprint density at radius 1 is 0.747 bits per heavy atom. The number of hydrogen-bond donors (Lipinski definition) is 2. The van der Waals surface area contributed by atoms with E-state index < -0.39 is 39.6 Å². The summed E-state index contributed by atoms with van der Waals surface area (Å²) in [5.74, 6) is -0.332. The first kappa shape index (κ1) is 53.8. The summed E-state index contributed by atoms with van der Waals surface area (Å²) in [6.07, 6.45) is 6.91. The molecule has 0 radical (unpaired) electrons. The number of nitrogens with zero attached hydrogens (tertiary/aromatic N) is 4. The molecular weight excluding hydrogens is 1010 g/mol. The van der Waals surface area contributed by atoms with Crippen LogP contribution in [0.2, 0.25) is 0 Å². The second kappa shape index (κ2) is 24.4. The molecule has 2 aliphatic carbocycles. The maximum absolute atomic E-state index is 15.4. The lowest BCUT2D eigenvalue weighted by molar-refractivity contribution is -0.385. The Bertz CT molecular complexity index is 3210. The van der Waals surface area contributed by atoms with Gasteiger partial charge in [0.2, 0.25) is 12.6 Å². The molecule has 0 saturated heterocycles. The molecule has 2 aliphatic heterocycles. The second-order valence-electron chi connectivity index (χ2n) is 19.9. The van der Waals surface area contributed by atoms with E-state index in [1.165, 1.54) is 41.3 Å². The van der Waals surface area contributed by atoms with E-state index in [9.17, 15) is 30.4 Å². The van der Waals surface area contributed by atoms with Crippen LogP contribution in [-0.2, 0) is 22.7 Å². The lowest BCUT2D eigenvalue weighted by Gasteiger charge is -2.59. The Kier molecular flexibility index (Phi) is 16.6. The number of rotatable bonds is 23. The third-order valence-electron chi connectivity index (χ3n) is 15.0. The number of ether oxygens (including phenoxy) is 6. The van der Waals surface area contributed by atoms with Crippen molar-refractivity contribution in [1.82, 2.24) is 4.90 Å². The Morgan fingerprint density at radius 2 is 1.39 bits per heavy atom. The van der Waals surface area contributed by atoms with Crippen molar-refractivity contribution in [2.24, 2.45) is 22.9 Å². The minimum atomic E-state index is -1.71. The number of nitro benzene ring substituents is 2. The largest absolute Gasteiger partial charge is 0.459 e. The summed E-state index contributed by atoms with van der Waals surface area (Å²) in [5.41, 5.74) is 5.19. The molecule has 0 bridgehead atoms. The van der Waals surface area contributed by atoms with Gasteiger partial charge >= 0.3 is 6.09 Å². The number of benzene rings is 6. The number of unbranched alkanes of at least 4 members (excludes halogenated alkanes) is 2. The van der Waals surface area contributed by atoms with Gasteiger partial charge in [0, 0.05) is 61.9 Å². The van der Waals surface area contributed by atoms with Gasteiger partial charge in [-0.05, 0) is 132 Å². The van der Waals surface area contributed by atoms with Crippen molar-refractivity contribution in [3.05, 3.63) is 201 Å². The van der Waals surface area contributed by atoms with Crippen LogP contribution in [0.1, 0.15) is 67.6 Å². The quantitative estimate of drug-likeness (QED) is 0.0264. The average Bonchev–Trinajstić information content (AvgIpc) is 3.17. The third-order valence-corrected chi connectivity index (χ3v) is 15.0. The number of aliphatic hydroxyl groups excluding tert-OH is 2. The van der Waals surface area contributed by atoms with Gasteiger partial charge in [0.1, 0.15) is 35.6 Å². The number of non-ortho nitro benzene ring substituents is 2. The molecule has 1 fully saturated rings. The predicted octanol–water partition coefficient (Wildman–Crippen LogP) is 12.2. The zero-order chi connectivity index (χ0) is 54.9. The number of nitro groups is 2. The highest BCUT2D eigenvalue weighted by atomic mass is 16.7. The molecule has 0 unspecified atom stereocenters. The third kappa shape index (κ3) is 11.8. The smallest absolute Gasteiger partial charge is 0.416 e. The van der Waals surface area contributed by atoms with Gasteiger partial charge in [0.15, 0.2) is 11.5 Å². The first-order valence-electron chi connectivity index (χ1n) is 26.4. The molecule has 0 aromatic heterocycles. The predicted molar refractivity (Wildman–Crippen MR) is 292 cm³/mol. The number of fused-ring (bicyclic) bond motifs is 3. The van der Waals surface area contributed by atoms with E-state index >= 15 is 4.79 Å². The molecule has 408 valence electrons. The van der Waals surface area contributed by atoms with Gasteiger partial charge in [0.25, 0.3) is 11.4 Å². The first-order valence-corrected chi connectivity index (χ1v) is 26.4. The minimum absolute atomic E-state index is 0.000879. The minimum Gasteiger partial charge on any atom is -0.459 e. The summed E-state index contributed by atoms with van der Waals surface area (Å²) in [4.78, 5) is 45.3. The van der Waals surface area contributed by atoms with Gasteiger partial charge < -0.3 is 43.5 Å². The first-order chi connectivity index (χ1) is 38.5. The molecule has 6 atom stereocenters. The van der Waals surface area contributed by atoms with Crippen molar-refractivity contribution in [3.63, 3.8) is 0 Å². The van der Waals surface area contributed by atoms with Crippen LogP contribution in [0.25, 0.3) is 11.1 Å². The average molecular weight is 1070 g/mol. The Morgan fingerprint density at radius 3 is 2.10 bits per heavy atom. The van der Waals surface area contributed by atoms with Gasteiger partial charge in [0.05, 0.1) is 28.1 Å². The van der Waals surface area contributed by atoms with Crippen molar-refractivity contribution in [2.75, 3.05) is 26.6 Å². The Labute approximate surface area is 456 Å². The zero-order valence-electron chi connectivity index (χ0n) is 43.3. The van der Waals surface area contributed by atoms with E-state index in [1.54, 1.807) is 30.3 Å². The zero-order valence-corrected chi connectivity index (χ0v) is 43.3. The van der Waals surface area contributed by atoms with Crippen molar-refractivity contribution in [3.8, 4) is 45.6 Å². The van der Waals surface area contributed by atoms with Crippen LogP contribution in [0.5, 0.6) is 34.5 Å². The summed E-state index contributed by atoms with van der Waals surface area (Å²) in [7, 11) is 0. The molecule has 18 heteroatoms. The normalized spacial score (nSPS) is 20.9. The van der Waals surface area contributed by atoms with Crippen LogP contribution in [-0.4, -0.2) is 75.2 Å². The van der Waals surface area contributed by atoms with Crippen LogP contribution < -0.4 is 23.7 Å². The summed E-state index contributed by atoms with van der Waals surface area (Å²) < 4.78 is 39.0. The molecule has 2 N–H and O–H groups in total. The van der Waals surface area contributed by atoms with Crippen molar-refractivity contribution in [2.45, 2.75) is 75.8 Å². The SMILES string of the molecule is C=CCO[C@@]12Oc3ccc(Oc4ccc(-c5ccccc5)cc4)cc3[C@H]3[C@H](CCCCO)[C@@H](CCCCO)C=C(C(=NOCc4ccc([N+](=O)[O-])cc4)C[C@@H]1N(Cc1ccc4c(c1)OCO4)C(=O)Oc1ccc([N+](=O)[O-])cc1)[C@H]32. The van der Waals surface area contributed by atoms with Gasteiger partial charge in [-0.2, -0.15) is 0 Å².